The second kappa shape index (κ2) is 2.65. The normalized spacial score (nSPS) is 8.14. The minimum Gasteiger partial charge on any atom is -0.477 e. The molecule has 0 saturated carbocycles. The highest BCUT2D eigenvalue weighted by Gasteiger charge is 1.98. The first-order valence-electron chi connectivity index (χ1n) is 1.47. The molecule has 0 radical (unpaired) electrons. The Morgan fingerprint density at radius 3 is 2.29 bits per heavy atom. The van der Waals surface area contributed by atoms with Gasteiger partial charge in [-0.05, 0) is 11.9 Å². The molecule has 0 heterocycles. The van der Waals surface area contributed by atoms with E-state index in [0.29, 0.717) is 11.9 Å². The Balaban J connectivity index is 3.58. The van der Waals surface area contributed by atoms with Crippen LogP contribution in [-0.2, 0) is 4.79 Å². The summed E-state index contributed by atoms with van der Waals surface area (Å²) in [5, 5.41) is 12.8. The molecule has 0 aliphatic heterocycles. The van der Waals surface area contributed by atoms with E-state index in [9.17, 15) is 4.79 Å². The highest BCUT2D eigenvalue weighted by atomic mass is 32.2. The fraction of sp³-hybridized carbons (Fsp3) is 0. The molecule has 0 amide bonds. The number of hydrogen-bond donors (Lipinski definition) is 2. The van der Waals surface area contributed by atoms with Crippen molar-refractivity contribution >= 4 is 17.9 Å². The van der Waals surface area contributed by atoms with Crippen LogP contribution in [0.5, 0.6) is 0 Å². The summed E-state index contributed by atoms with van der Waals surface area (Å²) in [5.74, 6) is -1.06. The van der Waals surface area contributed by atoms with Crippen LogP contribution < -0.4 is 5.14 Å². The number of aliphatic carboxylic acids is 1. The fourth-order valence-corrected chi connectivity index (χ4v) is 0.151. The van der Waals surface area contributed by atoms with Crippen LogP contribution in [0.3, 0.4) is 0 Å². The summed E-state index contributed by atoms with van der Waals surface area (Å²) in [5.41, 5.74) is 0. The SMILES string of the molecule is C=C(SN)C(=O)O. The lowest BCUT2D eigenvalue weighted by Gasteiger charge is -1.86. The van der Waals surface area contributed by atoms with Crippen molar-refractivity contribution in [1.29, 1.82) is 0 Å². The molecule has 0 unspecified atom stereocenters. The van der Waals surface area contributed by atoms with Crippen LogP contribution >= 0.6 is 11.9 Å². The van der Waals surface area contributed by atoms with Gasteiger partial charge in [-0.25, -0.2) is 4.79 Å². The Morgan fingerprint density at radius 2 is 2.29 bits per heavy atom. The lowest BCUT2D eigenvalue weighted by molar-refractivity contribution is -0.131. The number of rotatable bonds is 2. The quantitative estimate of drug-likeness (QED) is 0.402. The third kappa shape index (κ3) is 2.24. The Kier molecular flexibility index (Phi) is 2.47. The maximum absolute atomic E-state index is 9.73. The van der Waals surface area contributed by atoms with Crippen LogP contribution in [0, 0.1) is 0 Å². The van der Waals surface area contributed by atoms with E-state index in [2.05, 4.69) is 6.58 Å². The van der Waals surface area contributed by atoms with E-state index in [0.717, 1.165) is 0 Å². The van der Waals surface area contributed by atoms with Crippen LogP contribution in [-0.4, -0.2) is 11.1 Å². The molecule has 40 valence electrons. The predicted octanol–water partition coefficient (Wildman–Crippen LogP) is 0.192. The van der Waals surface area contributed by atoms with E-state index in [4.69, 9.17) is 10.2 Å². The van der Waals surface area contributed by atoms with Gasteiger partial charge in [-0.1, -0.05) is 6.58 Å². The van der Waals surface area contributed by atoms with Crippen molar-refractivity contribution in [2.24, 2.45) is 5.14 Å². The zero-order valence-corrected chi connectivity index (χ0v) is 4.36. The van der Waals surface area contributed by atoms with Gasteiger partial charge in [0.1, 0.15) is 4.91 Å². The maximum Gasteiger partial charge on any atom is 0.342 e. The summed E-state index contributed by atoms with van der Waals surface area (Å²) in [6.45, 7) is 3.11. The molecular formula is C3H5NO2S. The molecule has 0 spiro atoms. The van der Waals surface area contributed by atoms with Crippen LogP contribution in [0.2, 0.25) is 0 Å². The largest absolute Gasteiger partial charge is 0.477 e. The second-order valence-electron chi connectivity index (χ2n) is 0.846. The number of carboxylic acids is 1. The average Bonchev–Trinajstić information content (AvgIpc) is 1.65. The summed E-state index contributed by atoms with van der Waals surface area (Å²) >= 11 is 0.639. The van der Waals surface area contributed by atoms with E-state index < -0.39 is 5.97 Å². The standard InChI is InChI=1S/C3H5NO2S/c1-2(7-4)3(5)6/h1,4H2,(H,5,6). The molecule has 0 rings (SSSR count). The molecule has 3 nitrogen and oxygen atoms in total. The van der Waals surface area contributed by atoms with Crippen LogP contribution in [0.25, 0.3) is 0 Å². The second-order valence-corrected chi connectivity index (χ2v) is 1.57. The van der Waals surface area contributed by atoms with E-state index in [1.165, 1.54) is 0 Å². The number of carboxylic acid groups (broad SMARTS) is 1. The minimum absolute atomic E-state index is 0.0417. The van der Waals surface area contributed by atoms with Crippen molar-refractivity contribution in [1.82, 2.24) is 0 Å². The Bertz CT molecular complexity index is 101. The zero-order chi connectivity index (χ0) is 5.86. The molecule has 0 aliphatic carbocycles. The maximum atomic E-state index is 9.73. The van der Waals surface area contributed by atoms with Gasteiger partial charge in [-0.15, -0.1) is 0 Å². The van der Waals surface area contributed by atoms with Crippen molar-refractivity contribution in [3.05, 3.63) is 11.5 Å². The summed E-state index contributed by atoms with van der Waals surface area (Å²) in [7, 11) is 0. The van der Waals surface area contributed by atoms with Crippen molar-refractivity contribution in [2.75, 3.05) is 0 Å². The van der Waals surface area contributed by atoms with Gasteiger partial charge in [0.2, 0.25) is 0 Å². The zero-order valence-electron chi connectivity index (χ0n) is 3.55. The van der Waals surface area contributed by atoms with Crippen molar-refractivity contribution < 1.29 is 9.90 Å². The van der Waals surface area contributed by atoms with E-state index in [1.54, 1.807) is 0 Å². The Morgan fingerprint density at radius 1 is 1.86 bits per heavy atom. The van der Waals surface area contributed by atoms with Gasteiger partial charge in [-0.2, -0.15) is 0 Å². The summed E-state index contributed by atoms with van der Waals surface area (Å²) in [6.07, 6.45) is 0. The summed E-state index contributed by atoms with van der Waals surface area (Å²) in [6, 6.07) is 0. The number of nitrogens with two attached hydrogens (primary N) is 1. The fourth-order valence-electron chi connectivity index (χ4n) is 0.0504. The van der Waals surface area contributed by atoms with Crippen molar-refractivity contribution in [3.8, 4) is 0 Å². The summed E-state index contributed by atoms with van der Waals surface area (Å²) < 4.78 is 0. The Hall–Kier alpha value is -0.480. The van der Waals surface area contributed by atoms with E-state index in [1.807, 2.05) is 0 Å². The van der Waals surface area contributed by atoms with E-state index >= 15 is 0 Å². The van der Waals surface area contributed by atoms with Crippen LogP contribution in [0.15, 0.2) is 11.5 Å². The molecule has 4 heteroatoms. The molecule has 0 fully saturated rings. The smallest absolute Gasteiger partial charge is 0.342 e. The van der Waals surface area contributed by atoms with Gasteiger partial charge in [0.15, 0.2) is 0 Å². The number of carbonyl (C=O) groups is 1. The minimum atomic E-state index is -1.06. The molecule has 0 aliphatic rings. The van der Waals surface area contributed by atoms with Crippen molar-refractivity contribution in [2.45, 2.75) is 0 Å². The lowest BCUT2D eigenvalue weighted by atomic mass is 10.7. The number of hydrogen-bond acceptors (Lipinski definition) is 3. The summed E-state index contributed by atoms with van der Waals surface area (Å²) in [4.78, 5) is 9.69. The topological polar surface area (TPSA) is 63.3 Å². The molecule has 0 aromatic heterocycles. The highest BCUT2D eigenvalue weighted by molar-refractivity contribution is 8.01. The first-order valence-corrected chi connectivity index (χ1v) is 2.35. The molecular weight excluding hydrogens is 114 g/mol. The molecule has 0 aromatic rings. The average molecular weight is 119 g/mol. The lowest BCUT2D eigenvalue weighted by Crippen LogP contribution is -1.96. The first-order chi connectivity index (χ1) is 3.18. The third-order valence-corrected chi connectivity index (χ3v) is 0.840. The van der Waals surface area contributed by atoms with Gasteiger partial charge in [0.05, 0.1) is 0 Å². The van der Waals surface area contributed by atoms with E-state index in [-0.39, 0.29) is 4.91 Å². The van der Waals surface area contributed by atoms with Gasteiger partial charge < -0.3 is 5.11 Å². The third-order valence-electron chi connectivity index (χ3n) is 0.381. The van der Waals surface area contributed by atoms with Crippen molar-refractivity contribution in [3.63, 3.8) is 0 Å². The van der Waals surface area contributed by atoms with Gasteiger partial charge in [-0.3, -0.25) is 5.14 Å². The predicted molar refractivity (Wildman–Crippen MR) is 28.6 cm³/mol. The Labute approximate surface area is 45.3 Å². The van der Waals surface area contributed by atoms with Gasteiger partial charge >= 0.3 is 5.97 Å². The highest BCUT2D eigenvalue weighted by Crippen LogP contribution is 2.01. The van der Waals surface area contributed by atoms with Crippen LogP contribution in [0.4, 0.5) is 0 Å². The molecule has 0 saturated heterocycles. The van der Waals surface area contributed by atoms with Crippen LogP contribution in [0.1, 0.15) is 0 Å². The molecule has 0 aromatic carbocycles. The monoisotopic (exact) mass is 119 g/mol. The molecule has 3 N–H and O–H groups in total. The first kappa shape index (κ1) is 6.52. The van der Waals surface area contributed by atoms with Gasteiger partial charge in [0.25, 0.3) is 0 Å². The molecule has 0 bridgehead atoms. The molecule has 7 heavy (non-hydrogen) atoms. The van der Waals surface area contributed by atoms with Gasteiger partial charge in [0, 0.05) is 0 Å². The molecule has 0 atom stereocenters.